The lowest BCUT2D eigenvalue weighted by molar-refractivity contribution is -0.137. The van der Waals surface area contributed by atoms with Gasteiger partial charge in [0.25, 0.3) is 0 Å². The van der Waals surface area contributed by atoms with Crippen LogP contribution in [0.4, 0.5) is 0 Å². The maximum Gasteiger partial charge on any atom is 0.305 e. The predicted octanol–water partition coefficient (Wildman–Crippen LogP) is 1.77. The van der Waals surface area contributed by atoms with Gasteiger partial charge in [-0.2, -0.15) is 0 Å². The van der Waals surface area contributed by atoms with Gasteiger partial charge < -0.3 is 10.8 Å². The SMILES string of the molecule is N[C@@H](CC(=O)O)c1ccc(I)cc1. The summed E-state index contributed by atoms with van der Waals surface area (Å²) in [7, 11) is 0. The minimum absolute atomic E-state index is 0.0272. The van der Waals surface area contributed by atoms with E-state index in [0.717, 1.165) is 9.13 Å². The Morgan fingerprint density at radius 1 is 1.46 bits per heavy atom. The summed E-state index contributed by atoms with van der Waals surface area (Å²) in [6.07, 6.45) is -0.0272. The molecule has 1 rings (SSSR count). The quantitative estimate of drug-likeness (QED) is 0.834. The molecule has 13 heavy (non-hydrogen) atoms. The number of hydrogen-bond donors (Lipinski definition) is 2. The minimum Gasteiger partial charge on any atom is -0.481 e. The summed E-state index contributed by atoms with van der Waals surface area (Å²) in [6.45, 7) is 0. The summed E-state index contributed by atoms with van der Waals surface area (Å²) in [5, 5.41) is 8.52. The minimum atomic E-state index is -0.869. The van der Waals surface area contributed by atoms with E-state index >= 15 is 0 Å². The summed E-state index contributed by atoms with van der Waals surface area (Å²) < 4.78 is 1.11. The Morgan fingerprint density at radius 3 is 2.46 bits per heavy atom. The number of nitrogens with two attached hydrogens (primary N) is 1. The van der Waals surface area contributed by atoms with Crippen LogP contribution >= 0.6 is 22.6 Å². The van der Waals surface area contributed by atoms with E-state index in [0.29, 0.717) is 0 Å². The Balaban J connectivity index is 2.71. The van der Waals surface area contributed by atoms with Gasteiger partial charge in [-0.3, -0.25) is 4.79 Å². The molecule has 0 heterocycles. The smallest absolute Gasteiger partial charge is 0.305 e. The Morgan fingerprint density at radius 2 is 2.00 bits per heavy atom. The van der Waals surface area contributed by atoms with Crippen molar-refractivity contribution in [2.75, 3.05) is 0 Å². The summed E-state index contributed by atoms with van der Waals surface area (Å²) in [5.74, 6) is -0.869. The van der Waals surface area contributed by atoms with E-state index in [1.54, 1.807) is 0 Å². The van der Waals surface area contributed by atoms with E-state index in [1.807, 2.05) is 24.3 Å². The second kappa shape index (κ2) is 4.57. The fraction of sp³-hybridized carbons (Fsp3) is 0.222. The Labute approximate surface area is 90.1 Å². The second-order valence-electron chi connectivity index (χ2n) is 2.76. The van der Waals surface area contributed by atoms with Crippen LogP contribution in [0.1, 0.15) is 18.0 Å². The third kappa shape index (κ3) is 3.31. The fourth-order valence-corrected chi connectivity index (χ4v) is 1.38. The zero-order valence-corrected chi connectivity index (χ0v) is 9.06. The van der Waals surface area contributed by atoms with Crippen molar-refractivity contribution in [2.45, 2.75) is 12.5 Å². The lowest BCUT2D eigenvalue weighted by Crippen LogP contribution is -2.14. The van der Waals surface area contributed by atoms with Gasteiger partial charge in [0.1, 0.15) is 0 Å². The number of aliphatic carboxylic acids is 1. The first-order valence-corrected chi connectivity index (χ1v) is 4.90. The molecule has 0 spiro atoms. The molecule has 0 aliphatic heterocycles. The summed E-state index contributed by atoms with van der Waals surface area (Å²) in [4.78, 5) is 10.4. The van der Waals surface area contributed by atoms with Gasteiger partial charge in [-0.15, -0.1) is 0 Å². The summed E-state index contributed by atoms with van der Waals surface area (Å²) in [5.41, 5.74) is 6.53. The molecule has 0 bridgehead atoms. The molecule has 0 unspecified atom stereocenters. The van der Waals surface area contributed by atoms with Crippen LogP contribution in [0.3, 0.4) is 0 Å². The highest BCUT2D eigenvalue weighted by atomic mass is 127. The molecule has 0 aromatic heterocycles. The molecule has 0 radical (unpaired) electrons. The van der Waals surface area contributed by atoms with E-state index in [9.17, 15) is 4.79 Å². The van der Waals surface area contributed by atoms with Crippen molar-refractivity contribution < 1.29 is 9.90 Å². The van der Waals surface area contributed by atoms with Crippen LogP contribution in [0.15, 0.2) is 24.3 Å². The first kappa shape index (κ1) is 10.5. The van der Waals surface area contributed by atoms with Gasteiger partial charge in [-0.05, 0) is 40.3 Å². The van der Waals surface area contributed by atoms with Gasteiger partial charge in [-0.1, -0.05) is 12.1 Å². The van der Waals surface area contributed by atoms with Gasteiger partial charge in [0, 0.05) is 9.61 Å². The van der Waals surface area contributed by atoms with Gasteiger partial charge in [0.05, 0.1) is 6.42 Å². The van der Waals surface area contributed by atoms with Crippen molar-refractivity contribution in [3.8, 4) is 0 Å². The normalized spacial score (nSPS) is 12.5. The van der Waals surface area contributed by atoms with Crippen molar-refractivity contribution in [3.63, 3.8) is 0 Å². The lowest BCUT2D eigenvalue weighted by atomic mass is 10.1. The van der Waals surface area contributed by atoms with Crippen LogP contribution in [-0.4, -0.2) is 11.1 Å². The van der Waals surface area contributed by atoms with Crippen LogP contribution < -0.4 is 5.73 Å². The molecule has 1 aromatic carbocycles. The molecule has 0 fully saturated rings. The number of hydrogen-bond acceptors (Lipinski definition) is 2. The van der Waals surface area contributed by atoms with Gasteiger partial charge >= 0.3 is 5.97 Å². The number of carboxylic acid groups (broad SMARTS) is 1. The first-order valence-electron chi connectivity index (χ1n) is 3.82. The molecule has 0 saturated heterocycles. The lowest BCUT2D eigenvalue weighted by Gasteiger charge is -2.08. The molecule has 0 saturated carbocycles. The average Bonchev–Trinajstić information content (AvgIpc) is 2.04. The van der Waals surface area contributed by atoms with Crippen LogP contribution in [-0.2, 0) is 4.79 Å². The van der Waals surface area contributed by atoms with Crippen LogP contribution in [0.2, 0.25) is 0 Å². The van der Waals surface area contributed by atoms with E-state index in [2.05, 4.69) is 22.6 Å². The van der Waals surface area contributed by atoms with Gasteiger partial charge in [0.15, 0.2) is 0 Å². The number of carbonyl (C=O) groups is 1. The van der Waals surface area contributed by atoms with Crippen LogP contribution in [0.25, 0.3) is 0 Å². The molecule has 1 atom stereocenters. The number of halogens is 1. The molecule has 0 aliphatic carbocycles. The number of carboxylic acids is 1. The third-order valence-corrected chi connectivity index (χ3v) is 2.41. The molecular formula is C9H10INO2. The highest BCUT2D eigenvalue weighted by Crippen LogP contribution is 2.15. The monoisotopic (exact) mass is 291 g/mol. The van der Waals surface area contributed by atoms with Crippen molar-refractivity contribution in [2.24, 2.45) is 5.73 Å². The van der Waals surface area contributed by atoms with E-state index < -0.39 is 12.0 Å². The molecular weight excluding hydrogens is 281 g/mol. The zero-order chi connectivity index (χ0) is 9.84. The molecule has 3 nitrogen and oxygen atoms in total. The standard InChI is InChI=1S/C9H10INO2/c10-7-3-1-6(2-4-7)8(11)5-9(12)13/h1-4,8H,5,11H2,(H,12,13)/t8-/m0/s1. The van der Waals surface area contributed by atoms with Gasteiger partial charge in [-0.25, -0.2) is 0 Å². The van der Waals surface area contributed by atoms with Gasteiger partial charge in [0.2, 0.25) is 0 Å². The first-order chi connectivity index (χ1) is 6.09. The highest BCUT2D eigenvalue weighted by Gasteiger charge is 2.09. The van der Waals surface area contributed by atoms with E-state index in [-0.39, 0.29) is 6.42 Å². The summed E-state index contributed by atoms with van der Waals surface area (Å²) >= 11 is 2.19. The van der Waals surface area contributed by atoms with Crippen LogP contribution in [0, 0.1) is 3.57 Å². The topological polar surface area (TPSA) is 63.3 Å². The molecule has 1 aromatic rings. The van der Waals surface area contributed by atoms with Crippen molar-refractivity contribution >= 4 is 28.6 Å². The van der Waals surface area contributed by atoms with Crippen molar-refractivity contribution in [3.05, 3.63) is 33.4 Å². The molecule has 4 heteroatoms. The van der Waals surface area contributed by atoms with E-state index in [1.165, 1.54) is 0 Å². The largest absolute Gasteiger partial charge is 0.481 e. The molecule has 3 N–H and O–H groups in total. The maximum absolute atomic E-state index is 10.4. The predicted molar refractivity (Wildman–Crippen MR) is 58.3 cm³/mol. The van der Waals surface area contributed by atoms with Crippen molar-refractivity contribution in [1.82, 2.24) is 0 Å². The Hall–Kier alpha value is -0.620. The number of benzene rings is 1. The van der Waals surface area contributed by atoms with E-state index in [4.69, 9.17) is 10.8 Å². The molecule has 0 aliphatic rings. The number of rotatable bonds is 3. The zero-order valence-electron chi connectivity index (χ0n) is 6.90. The maximum atomic E-state index is 10.4. The highest BCUT2D eigenvalue weighted by molar-refractivity contribution is 14.1. The Kier molecular flexibility index (Phi) is 3.68. The van der Waals surface area contributed by atoms with Crippen molar-refractivity contribution in [1.29, 1.82) is 0 Å². The summed E-state index contributed by atoms with van der Waals surface area (Å²) in [6, 6.07) is 7.13. The fourth-order valence-electron chi connectivity index (χ4n) is 1.02. The average molecular weight is 291 g/mol. The third-order valence-electron chi connectivity index (χ3n) is 1.69. The van der Waals surface area contributed by atoms with Crippen LogP contribution in [0.5, 0.6) is 0 Å². The Bertz CT molecular complexity index is 297. The molecule has 70 valence electrons. The molecule has 0 amide bonds. The second-order valence-corrected chi connectivity index (χ2v) is 4.00.